The van der Waals surface area contributed by atoms with E-state index in [0.717, 1.165) is 132 Å². The number of hydrogen-bond donors (Lipinski definition) is 3. The molecule has 0 unspecified atom stereocenters. The van der Waals surface area contributed by atoms with Crippen LogP contribution in [0.5, 0.6) is 5.75 Å². The molecule has 4 aromatic heterocycles. The second-order valence-electron chi connectivity index (χ2n) is 24.6. The van der Waals surface area contributed by atoms with E-state index < -0.39 is 12.0 Å². The number of pyridine rings is 4. The topological polar surface area (TPSA) is 217 Å². The number of piperidine rings is 2. The van der Waals surface area contributed by atoms with Crippen molar-refractivity contribution in [2.45, 2.75) is 131 Å². The number of halogens is 2. The minimum Gasteiger partial charge on any atom is -0.497 e. The molecule has 3 aliphatic heterocycles. The number of benzene rings is 4. The van der Waals surface area contributed by atoms with E-state index in [1.54, 1.807) is 55.8 Å². The third kappa shape index (κ3) is 16.6. The Bertz CT molecular complexity index is 4140. The number of Topliss-reactive ketones (excluding diaryl/α,β-unsaturated/α-hetero) is 3. The summed E-state index contributed by atoms with van der Waals surface area (Å²) in [7, 11) is 1.53. The Labute approximate surface area is 559 Å². The van der Waals surface area contributed by atoms with Gasteiger partial charge in [0.25, 0.3) is 11.8 Å². The van der Waals surface area contributed by atoms with E-state index in [1.807, 2.05) is 111 Å². The number of nitrogens with one attached hydrogen (secondary N) is 2. The maximum atomic E-state index is 13.5. The van der Waals surface area contributed by atoms with Gasteiger partial charge in [0, 0.05) is 80.1 Å². The van der Waals surface area contributed by atoms with Gasteiger partial charge in [-0.3, -0.25) is 63.4 Å². The Morgan fingerprint density at radius 2 is 1.04 bits per heavy atom. The number of carboxylic acids is 1. The van der Waals surface area contributed by atoms with Crippen LogP contribution >= 0.6 is 23.2 Å². The van der Waals surface area contributed by atoms with Gasteiger partial charge >= 0.3 is 5.97 Å². The van der Waals surface area contributed by atoms with Crippen LogP contribution in [-0.2, 0) is 42.1 Å². The Morgan fingerprint density at radius 1 is 0.521 bits per heavy atom. The summed E-state index contributed by atoms with van der Waals surface area (Å²) in [4.78, 5) is 101. The minimum atomic E-state index is -0.802. The van der Waals surface area contributed by atoms with Gasteiger partial charge in [-0.15, -0.1) is 0 Å². The number of ketones is 3. The largest absolute Gasteiger partial charge is 0.497 e. The molecule has 94 heavy (non-hydrogen) atoms. The van der Waals surface area contributed by atoms with Crippen molar-refractivity contribution in [2.75, 3.05) is 43.9 Å². The summed E-state index contributed by atoms with van der Waals surface area (Å²) in [6.45, 7) is 15.3. The molecule has 2 atom stereocenters. The molecular weight excluding hydrogens is 1230 g/mol. The number of aryl methyl sites for hydroxylation is 2. The first-order chi connectivity index (χ1) is 45.3. The van der Waals surface area contributed by atoms with Crippen molar-refractivity contribution in [3.8, 4) is 28.0 Å². The van der Waals surface area contributed by atoms with Crippen molar-refractivity contribution >= 4 is 69.7 Å². The predicted octanol–water partition coefficient (Wildman–Crippen LogP) is 14.2. The third-order valence-electron chi connectivity index (χ3n) is 18.2. The van der Waals surface area contributed by atoms with E-state index in [1.165, 1.54) is 26.1 Å². The molecule has 3 N–H and O–H groups in total. The summed E-state index contributed by atoms with van der Waals surface area (Å²) in [5.74, 6) is -1.00. The lowest BCUT2D eigenvalue weighted by atomic mass is 9.93. The quantitative estimate of drug-likeness (QED) is 0.0570. The normalized spacial score (nSPS) is 16.0. The number of carbonyl (C=O) groups is 6. The van der Waals surface area contributed by atoms with Crippen molar-refractivity contribution in [1.29, 1.82) is 0 Å². The van der Waals surface area contributed by atoms with Crippen LogP contribution in [0, 0.1) is 27.7 Å². The number of anilines is 2. The van der Waals surface area contributed by atoms with Gasteiger partial charge in [0.2, 0.25) is 0 Å². The van der Waals surface area contributed by atoms with E-state index >= 15 is 0 Å². The third-order valence-corrected chi connectivity index (χ3v) is 19.1. The molecule has 3 saturated heterocycles. The Kier molecular flexibility index (Phi) is 22.7. The van der Waals surface area contributed by atoms with Crippen LogP contribution in [0.2, 0.25) is 10.0 Å². The van der Waals surface area contributed by atoms with Crippen molar-refractivity contribution < 1.29 is 38.6 Å². The standard InChI is InChI=1S/C40H44ClN5O3.C35H35ClN4O5/c1-26-20-36(43-23-31(26)25-46-19-5-4-14-37(46)28(3)47)38(48)21-30-10-8-11-32(27(30)2)33-12-9-13-34(39(33)41)44-40(49)35-16-15-29(22-42-35)24-45-17-6-7-18-45;1-21-16-29(38-19-24(21)20-40-15-5-4-12-31(40)35(43)44)32(41)17-23-8-6-10-27(33(23)36)26-9-7-11-28(22(26)2)39-34(42)30-18-25(45-3)13-14-37-30/h8-13,15-16,20,22-23,37H,4-7,14,17-19,21,24-25H2,1-3H3,(H,44,49);6-11,13-14,16,18-19,31H,4-5,12,15,17,20H2,1-3H3,(H,39,42)(H,43,44)/t37-;31-/m00/s1. The number of hydrogen-bond acceptors (Lipinski definition) is 14. The van der Waals surface area contributed by atoms with Gasteiger partial charge in [-0.25, -0.2) is 0 Å². The fourth-order valence-corrected chi connectivity index (χ4v) is 13.3. The van der Waals surface area contributed by atoms with Gasteiger partial charge < -0.3 is 20.5 Å². The van der Waals surface area contributed by atoms with E-state index in [9.17, 15) is 33.9 Å². The van der Waals surface area contributed by atoms with Crippen LogP contribution in [0.1, 0.15) is 150 Å². The zero-order valence-electron chi connectivity index (χ0n) is 54.1. The molecule has 0 spiro atoms. The number of nitrogens with zero attached hydrogens (tertiary/aromatic N) is 7. The number of amides is 2. The minimum absolute atomic E-state index is 0.0473. The highest BCUT2D eigenvalue weighted by Gasteiger charge is 2.30. The first kappa shape index (κ1) is 68.0. The average molecular weight is 1310 g/mol. The molecule has 3 fully saturated rings. The number of methoxy groups -OCH3 is 1. The van der Waals surface area contributed by atoms with E-state index in [4.69, 9.17) is 27.9 Å². The monoisotopic (exact) mass is 1300 g/mol. The maximum Gasteiger partial charge on any atom is 0.320 e. The number of rotatable bonds is 21. The zero-order chi connectivity index (χ0) is 66.6. The van der Waals surface area contributed by atoms with Crippen LogP contribution in [-0.4, -0.2) is 120 Å². The second-order valence-corrected chi connectivity index (χ2v) is 25.4. The van der Waals surface area contributed by atoms with Gasteiger partial charge in [-0.1, -0.05) is 103 Å². The van der Waals surface area contributed by atoms with E-state index in [0.29, 0.717) is 69.3 Å². The SMILES string of the molecule is CC(=O)[C@@H]1CCCCN1Cc1cnc(C(=O)Cc2cccc(-c3cccc(NC(=O)c4ccc(CN5CCCC5)cn4)c3Cl)c2C)cc1C.COc1ccnc(C(=O)Nc2cccc(-c3cccc(CC(=O)c4cc(C)c(CN5CCCC[C@H]5C(=O)O)cn4)c3Cl)c2C)c1. The summed E-state index contributed by atoms with van der Waals surface area (Å²) in [6, 6.07) is 32.6. The molecule has 3 aliphatic rings. The molecule has 11 rings (SSSR count). The molecule has 8 aromatic rings. The second kappa shape index (κ2) is 31.4. The summed E-state index contributed by atoms with van der Waals surface area (Å²) in [5.41, 5.74) is 13.8. The van der Waals surface area contributed by atoms with Gasteiger partial charge in [0.05, 0.1) is 28.9 Å². The molecule has 2 amide bonds. The number of aromatic nitrogens is 4. The smallest absolute Gasteiger partial charge is 0.320 e. The van der Waals surface area contributed by atoms with Gasteiger partial charge in [0.15, 0.2) is 11.6 Å². The number of carboxylic acid groups (broad SMARTS) is 1. The number of aliphatic carboxylic acids is 1. The van der Waals surface area contributed by atoms with E-state index in [-0.39, 0.29) is 53.7 Å². The molecule has 0 radical (unpaired) electrons. The highest BCUT2D eigenvalue weighted by Crippen LogP contribution is 2.39. The summed E-state index contributed by atoms with van der Waals surface area (Å²) in [6.07, 6.45) is 15.0. The summed E-state index contributed by atoms with van der Waals surface area (Å²) >= 11 is 13.8. The first-order valence-electron chi connectivity index (χ1n) is 32.1. The lowest BCUT2D eigenvalue weighted by Crippen LogP contribution is -2.44. The van der Waals surface area contributed by atoms with Crippen LogP contribution in [0.15, 0.2) is 134 Å². The number of likely N-dealkylation sites (tertiary alicyclic amines) is 3. The molecule has 0 bridgehead atoms. The fourth-order valence-electron chi connectivity index (χ4n) is 12.7. The van der Waals surface area contributed by atoms with Crippen molar-refractivity contribution in [3.05, 3.63) is 217 Å². The summed E-state index contributed by atoms with van der Waals surface area (Å²) < 4.78 is 5.20. The Morgan fingerprint density at radius 3 is 1.64 bits per heavy atom. The number of ether oxygens (including phenoxy) is 1. The lowest BCUT2D eigenvalue weighted by molar-refractivity contribution is -0.144. The van der Waals surface area contributed by atoms with Gasteiger partial charge in [-0.2, -0.15) is 0 Å². The van der Waals surface area contributed by atoms with Crippen LogP contribution in [0.3, 0.4) is 0 Å². The van der Waals surface area contributed by atoms with E-state index in [2.05, 4.69) is 40.4 Å². The van der Waals surface area contributed by atoms with Crippen molar-refractivity contribution in [3.63, 3.8) is 0 Å². The highest BCUT2D eigenvalue weighted by molar-refractivity contribution is 6.36. The Balaban J connectivity index is 0.000000206. The molecule has 19 heteroatoms. The molecule has 17 nitrogen and oxygen atoms in total. The van der Waals surface area contributed by atoms with Crippen molar-refractivity contribution in [2.24, 2.45) is 0 Å². The highest BCUT2D eigenvalue weighted by atomic mass is 35.5. The van der Waals surface area contributed by atoms with Crippen LogP contribution < -0.4 is 15.4 Å². The van der Waals surface area contributed by atoms with Crippen LogP contribution in [0.4, 0.5) is 11.4 Å². The van der Waals surface area contributed by atoms with Crippen molar-refractivity contribution in [1.82, 2.24) is 34.6 Å². The molecule has 0 aliphatic carbocycles. The molecular formula is C75H79Cl2N9O8. The average Bonchev–Trinajstić information content (AvgIpc) is 0.898. The summed E-state index contributed by atoms with van der Waals surface area (Å²) in [5, 5.41) is 16.3. The van der Waals surface area contributed by atoms with Crippen LogP contribution in [0.25, 0.3) is 22.3 Å². The molecule has 0 saturated carbocycles. The first-order valence-corrected chi connectivity index (χ1v) is 32.8. The van der Waals surface area contributed by atoms with Gasteiger partial charge in [0.1, 0.15) is 40.4 Å². The molecule has 4 aromatic carbocycles. The fraction of sp³-hybridized carbons (Fsp3) is 0.333. The molecule has 7 heterocycles. The molecule has 486 valence electrons. The lowest BCUT2D eigenvalue weighted by Gasteiger charge is -2.34. The maximum absolute atomic E-state index is 13.5. The zero-order valence-corrected chi connectivity index (χ0v) is 55.6. The number of carbonyl (C=O) groups excluding carboxylic acids is 5. The van der Waals surface area contributed by atoms with Gasteiger partial charge in [-0.05, 0) is 197 Å². The predicted molar refractivity (Wildman–Crippen MR) is 367 cm³/mol. The Hall–Kier alpha value is -8.84.